The number of aliphatic hydroxyl groups excluding tert-OH is 1. The largest absolute Gasteiger partial charge is 0.396 e. The van der Waals surface area contributed by atoms with Crippen LogP contribution in [0.3, 0.4) is 0 Å². The van der Waals surface area contributed by atoms with E-state index in [1.54, 1.807) is 11.3 Å². The van der Waals surface area contributed by atoms with Gasteiger partial charge in [0, 0.05) is 18.0 Å². The van der Waals surface area contributed by atoms with Gasteiger partial charge in [0.2, 0.25) is 0 Å². The number of rotatable bonds is 6. The summed E-state index contributed by atoms with van der Waals surface area (Å²) in [5, 5.41) is 11.5. The molecular formula is C12H19NO2S. The van der Waals surface area contributed by atoms with Gasteiger partial charge in [-0.3, -0.25) is 4.90 Å². The quantitative estimate of drug-likeness (QED) is 0.821. The third kappa shape index (κ3) is 2.63. The minimum absolute atomic E-state index is 0.00668. The fraction of sp³-hybridized carbons (Fsp3) is 0.667. The second-order valence-corrected chi connectivity index (χ2v) is 5.57. The van der Waals surface area contributed by atoms with Crippen LogP contribution in [0, 0.1) is 5.41 Å². The summed E-state index contributed by atoms with van der Waals surface area (Å²) in [6.45, 7) is 6.72. The van der Waals surface area contributed by atoms with Crippen LogP contribution in [0.1, 0.15) is 11.8 Å². The Morgan fingerprint density at radius 2 is 2.38 bits per heavy atom. The van der Waals surface area contributed by atoms with E-state index in [1.807, 2.05) is 0 Å². The first kappa shape index (κ1) is 12.0. The van der Waals surface area contributed by atoms with Crippen LogP contribution < -0.4 is 0 Å². The van der Waals surface area contributed by atoms with E-state index < -0.39 is 0 Å². The molecule has 0 aliphatic carbocycles. The molecule has 1 N–H and O–H groups in total. The SMILES string of the molecule is CCN(Cc1cccs1)CC1(CO)COC1. The number of aliphatic hydroxyl groups is 1. The molecule has 0 radical (unpaired) electrons. The Labute approximate surface area is 101 Å². The van der Waals surface area contributed by atoms with Crippen molar-refractivity contribution < 1.29 is 9.84 Å². The molecule has 0 spiro atoms. The number of nitrogens with zero attached hydrogens (tertiary/aromatic N) is 1. The molecule has 1 fully saturated rings. The molecule has 16 heavy (non-hydrogen) atoms. The highest BCUT2D eigenvalue weighted by molar-refractivity contribution is 7.09. The van der Waals surface area contributed by atoms with E-state index in [0.717, 1.165) is 19.6 Å². The van der Waals surface area contributed by atoms with Crippen LogP contribution in [0.25, 0.3) is 0 Å². The van der Waals surface area contributed by atoms with Crippen LogP contribution in [0.4, 0.5) is 0 Å². The van der Waals surface area contributed by atoms with Crippen LogP contribution in [-0.4, -0.2) is 42.9 Å². The van der Waals surface area contributed by atoms with Gasteiger partial charge in [-0.2, -0.15) is 0 Å². The lowest BCUT2D eigenvalue weighted by molar-refractivity contribution is -0.148. The Morgan fingerprint density at radius 1 is 1.56 bits per heavy atom. The number of hydrogen-bond acceptors (Lipinski definition) is 4. The lowest BCUT2D eigenvalue weighted by Crippen LogP contribution is -2.53. The standard InChI is InChI=1S/C12H19NO2S/c1-2-13(6-11-4-3-5-16-11)7-12(8-14)9-15-10-12/h3-5,14H,2,6-10H2,1H3. The van der Waals surface area contributed by atoms with E-state index >= 15 is 0 Å². The molecule has 1 aliphatic heterocycles. The molecule has 3 nitrogen and oxygen atoms in total. The van der Waals surface area contributed by atoms with Gasteiger partial charge in [-0.05, 0) is 18.0 Å². The summed E-state index contributed by atoms with van der Waals surface area (Å²) in [4.78, 5) is 3.76. The van der Waals surface area contributed by atoms with E-state index in [9.17, 15) is 5.11 Å². The molecule has 0 saturated carbocycles. The number of ether oxygens (including phenoxy) is 1. The maximum Gasteiger partial charge on any atom is 0.0579 e. The minimum Gasteiger partial charge on any atom is -0.396 e. The van der Waals surface area contributed by atoms with Crippen molar-refractivity contribution in [3.05, 3.63) is 22.4 Å². The van der Waals surface area contributed by atoms with Gasteiger partial charge in [-0.15, -0.1) is 11.3 Å². The van der Waals surface area contributed by atoms with E-state index in [4.69, 9.17) is 4.74 Å². The highest BCUT2D eigenvalue weighted by atomic mass is 32.1. The Kier molecular flexibility index (Phi) is 3.97. The Bertz CT molecular complexity index is 303. The third-order valence-electron chi connectivity index (χ3n) is 3.12. The van der Waals surface area contributed by atoms with Gasteiger partial charge in [0.05, 0.1) is 25.2 Å². The summed E-state index contributed by atoms with van der Waals surface area (Å²) in [6.07, 6.45) is 0. The molecule has 1 aliphatic rings. The lowest BCUT2D eigenvalue weighted by atomic mass is 9.86. The summed E-state index contributed by atoms with van der Waals surface area (Å²) in [7, 11) is 0. The maximum atomic E-state index is 9.40. The van der Waals surface area contributed by atoms with Gasteiger partial charge >= 0.3 is 0 Å². The molecule has 0 amide bonds. The summed E-state index contributed by atoms with van der Waals surface area (Å²) in [5.41, 5.74) is -0.00668. The van der Waals surface area contributed by atoms with Gasteiger partial charge in [-0.25, -0.2) is 0 Å². The smallest absolute Gasteiger partial charge is 0.0579 e. The van der Waals surface area contributed by atoms with Gasteiger partial charge in [0.15, 0.2) is 0 Å². The first-order valence-corrected chi connectivity index (χ1v) is 6.59. The zero-order chi connectivity index (χ0) is 11.4. The summed E-state index contributed by atoms with van der Waals surface area (Å²) in [6, 6.07) is 4.25. The average Bonchev–Trinajstić information content (AvgIpc) is 2.74. The van der Waals surface area contributed by atoms with Gasteiger partial charge in [0.1, 0.15) is 0 Å². The van der Waals surface area contributed by atoms with Crippen molar-refractivity contribution in [2.24, 2.45) is 5.41 Å². The van der Waals surface area contributed by atoms with Crippen LogP contribution >= 0.6 is 11.3 Å². The van der Waals surface area contributed by atoms with Gasteiger partial charge in [0.25, 0.3) is 0 Å². The Balaban J connectivity index is 1.90. The number of thiophene rings is 1. The highest BCUT2D eigenvalue weighted by Gasteiger charge is 2.39. The van der Waals surface area contributed by atoms with Gasteiger partial charge in [-0.1, -0.05) is 13.0 Å². The molecule has 1 aromatic heterocycles. The predicted molar refractivity (Wildman–Crippen MR) is 65.6 cm³/mol. The fourth-order valence-electron chi connectivity index (χ4n) is 2.00. The number of hydrogen-bond donors (Lipinski definition) is 1. The van der Waals surface area contributed by atoms with Crippen LogP contribution in [0.15, 0.2) is 17.5 Å². The molecule has 0 aromatic carbocycles. The molecule has 0 atom stereocenters. The van der Waals surface area contributed by atoms with Crippen LogP contribution in [-0.2, 0) is 11.3 Å². The second kappa shape index (κ2) is 5.27. The molecule has 4 heteroatoms. The minimum atomic E-state index is -0.00668. The fourth-order valence-corrected chi connectivity index (χ4v) is 2.75. The Hall–Kier alpha value is -0.420. The lowest BCUT2D eigenvalue weighted by Gasteiger charge is -2.43. The summed E-state index contributed by atoms with van der Waals surface area (Å²) >= 11 is 1.79. The molecule has 1 aromatic rings. The Morgan fingerprint density at radius 3 is 2.81 bits per heavy atom. The third-order valence-corrected chi connectivity index (χ3v) is 3.98. The summed E-state index contributed by atoms with van der Waals surface area (Å²) < 4.78 is 5.23. The van der Waals surface area contributed by atoms with Crippen molar-refractivity contribution in [2.75, 3.05) is 32.9 Å². The van der Waals surface area contributed by atoms with Crippen molar-refractivity contribution in [3.63, 3.8) is 0 Å². The molecular weight excluding hydrogens is 222 g/mol. The molecule has 0 unspecified atom stereocenters. The van der Waals surface area contributed by atoms with E-state index in [-0.39, 0.29) is 12.0 Å². The zero-order valence-corrected chi connectivity index (χ0v) is 10.5. The zero-order valence-electron chi connectivity index (χ0n) is 9.69. The van der Waals surface area contributed by atoms with Crippen molar-refractivity contribution in [3.8, 4) is 0 Å². The van der Waals surface area contributed by atoms with Gasteiger partial charge < -0.3 is 9.84 Å². The van der Waals surface area contributed by atoms with Crippen molar-refractivity contribution >= 4 is 11.3 Å². The predicted octanol–water partition coefficient (Wildman–Crippen LogP) is 1.58. The molecule has 90 valence electrons. The maximum absolute atomic E-state index is 9.40. The highest BCUT2D eigenvalue weighted by Crippen LogP contribution is 2.28. The van der Waals surface area contributed by atoms with E-state index in [1.165, 1.54) is 4.88 Å². The molecule has 0 bridgehead atoms. The van der Waals surface area contributed by atoms with Crippen LogP contribution in [0.5, 0.6) is 0 Å². The first-order chi connectivity index (χ1) is 7.78. The monoisotopic (exact) mass is 241 g/mol. The van der Waals surface area contributed by atoms with Crippen molar-refractivity contribution in [1.82, 2.24) is 4.90 Å². The molecule has 2 heterocycles. The van der Waals surface area contributed by atoms with Crippen molar-refractivity contribution in [1.29, 1.82) is 0 Å². The summed E-state index contributed by atoms with van der Waals surface area (Å²) in [5.74, 6) is 0. The van der Waals surface area contributed by atoms with Crippen LogP contribution in [0.2, 0.25) is 0 Å². The molecule has 1 saturated heterocycles. The average molecular weight is 241 g/mol. The van der Waals surface area contributed by atoms with E-state index in [0.29, 0.717) is 13.2 Å². The normalized spacial score (nSPS) is 18.7. The topological polar surface area (TPSA) is 32.7 Å². The first-order valence-electron chi connectivity index (χ1n) is 5.71. The second-order valence-electron chi connectivity index (χ2n) is 4.53. The van der Waals surface area contributed by atoms with Crippen molar-refractivity contribution in [2.45, 2.75) is 13.5 Å². The van der Waals surface area contributed by atoms with E-state index in [2.05, 4.69) is 29.3 Å². The molecule has 2 rings (SSSR count).